The van der Waals surface area contributed by atoms with Crippen molar-refractivity contribution in [3.8, 4) is 0 Å². The molecule has 0 bridgehead atoms. The molecule has 1 aliphatic rings. The first-order valence-corrected chi connectivity index (χ1v) is 6.69. The van der Waals surface area contributed by atoms with Crippen molar-refractivity contribution in [1.29, 1.82) is 0 Å². The number of hydrogen-bond acceptors (Lipinski definition) is 8. The predicted molar refractivity (Wildman–Crippen MR) is 68.6 cm³/mol. The van der Waals surface area contributed by atoms with E-state index in [1.54, 1.807) is 0 Å². The molecule has 0 N–H and O–H groups in total. The third kappa shape index (κ3) is 5.15. The number of esters is 2. The van der Waals surface area contributed by atoms with E-state index >= 15 is 0 Å². The number of ether oxygens (including phenoxy) is 2. The van der Waals surface area contributed by atoms with Crippen molar-refractivity contribution in [1.82, 2.24) is 5.06 Å². The molecule has 1 aliphatic heterocycles. The molecular formula is C13H17NO8. The Bertz CT molecular complexity index is 470. The van der Waals surface area contributed by atoms with Gasteiger partial charge < -0.3 is 14.3 Å². The van der Waals surface area contributed by atoms with E-state index in [2.05, 4.69) is 9.57 Å². The number of methoxy groups -OCH3 is 1. The highest BCUT2D eigenvalue weighted by Gasteiger charge is 2.32. The number of hydrogen-bond donors (Lipinski definition) is 0. The largest absolute Gasteiger partial charge is 0.466 e. The van der Waals surface area contributed by atoms with Crippen molar-refractivity contribution in [3.05, 3.63) is 0 Å². The van der Waals surface area contributed by atoms with Crippen molar-refractivity contribution in [2.24, 2.45) is 0 Å². The fourth-order valence-electron chi connectivity index (χ4n) is 1.65. The second-order valence-electron chi connectivity index (χ2n) is 4.55. The fraction of sp³-hybridized carbons (Fsp3) is 0.615. The zero-order valence-electron chi connectivity index (χ0n) is 12.3. The Morgan fingerprint density at radius 3 is 2.18 bits per heavy atom. The number of hydroxylamine groups is 2. The molecule has 0 spiro atoms. The second-order valence-corrected chi connectivity index (χ2v) is 4.55. The van der Waals surface area contributed by atoms with Gasteiger partial charge in [-0.05, 0) is 13.3 Å². The van der Waals surface area contributed by atoms with E-state index in [1.165, 1.54) is 14.0 Å². The molecule has 1 fully saturated rings. The maximum atomic E-state index is 11.5. The third-order valence-electron chi connectivity index (χ3n) is 2.80. The van der Waals surface area contributed by atoms with Gasteiger partial charge in [0.15, 0.2) is 6.10 Å². The van der Waals surface area contributed by atoms with Crippen LogP contribution in [0.5, 0.6) is 0 Å². The molecule has 1 saturated heterocycles. The minimum absolute atomic E-state index is 0.0177. The number of carbonyl (C=O) groups excluding carboxylic acids is 5. The quantitative estimate of drug-likeness (QED) is 0.471. The van der Waals surface area contributed by atoms with Crippen LogP contribution in [-0.4, -0.2) is 48.0 Å². The second kappa shape index (κ2) is 8.11. The Morgan fingerprint density at radius 2 is 1.64 bits per heavy atom. The normalized spacial score (nSPS) is 15.5. The summed E-state index contributed by atoms with van der Waals surface area (Å²) >= 11 is 0. The molecule has 1 unspecified atom stereocenters. The van der Waals surface area contributed by atoms with Gasteiger partial charge in [0.2, 0.25) is 0 Å². The molecule has 0 aromatic heterocycles. The topological polar surface area (TPSA) is 116 Å². The predicted octanol–water partition coefficient (Wildman–Crippen LogP) is -0.131. The number of amides is 2. The molecule has 0 aliphatic carbocycles. The molecule has 9 nitrogen and oxygen atoms in total. The molecule has 0 aromatic carbocycles. The van der Waals surface area contributed by atoms with E-state index in [1.807, 2.05) is 0 Å². The van der Waals surface area contributed by atoms with Gasteiger partial charge in [0.1, 0.15) is 0 Å². The van der Waals surface area contributed by atoms with E-state index in [-0.39, 0.29) is 32.1 Å². The zero-order valence-corrected chi connectivity index (χ0v) is 12.3. The van der Waals surface area contributed by atoms with Crippen LogP contribution in [0.15, 0.2) is 0 Å². The van der Waals surface area contributed by atoms with Crippen molar-refractivity contribution in [2.45, 2.75) is 45.1 Å². The third-order valence-corrected chi connectivity index (χ3v) is 2.80. The molecule has 1 atom stereocenters. The summed E-state index contributed by atoms with van der Waals surface area (Å²) in [5.41, 5.74) is 0. The lowest BCUT2D eigenvalue weighted by atomic mass is 10.2. The molecule has 1 rings (SSSR count). The highest BCUT2D eigenvalue weighted by atomic mass is 16.7. The highest BCUT2D eigenvalue weighted by molar-refractivity contribution is 6.01. The van der Waals surface area contributed by atoms with Crippen LogP contribution in [0.3, 0.4) is 0 Å². The fourth-order valence-corrected chi connectivity index (χ4v) is 1.65. The first-order chi connectivity index (χ1) is 10.3. The molecule has 122 valence electrons. The average molecular weight is 315 g/mol. The number of rotatable bonds is 7. The van der Waals surface area contributed by atoms with E-state index in [4.69, 9.17) is 4.74 Å². The summed E-state index contributed by atoms with van der Waals surface area (Å²) in [4.78, 5) is 61.0. The van der Waals surface area contributed by atoms with Crippen LogP contribution >= 0.6 is 0 Å². The van der Waals surface area contributed by atoms with Gasteiger partial charge in [-0.2, -0.15) is 0 Å². The summed E-state index contributed by atoms with van der Waals surface area (Å²) < 4.78 is 9.16. The minimum atomic E-state index is -1.02. The van der Waals surface area contributed by atoms with Crippen molar-refractivity contribution in [2.75, 3.05) is 7.11 Å². The summed E-state index contributed by atoms with van der Waals surface area (Å²) in [6.07, 6.45) is -1.17. The number of carbonyl (C=O) groups is 5. The van der Waals surface area contributed by atoms with Crippen LogP contribution in [0.4, 0.5) is 0 Å². The molecular weight excluding hydrogens is 298 g/mol. The van der Waals surface area contributed by atoms with E-state index in [0.29, 0.717) is 5.06 Å². The maximum Gasteiger partial charge on any atom is 0.346 e. The van der Waals surface area contributed by atoms with Gasteiger partial charge in [-0.3, -0.25) is 14.4 Å². The smallest absolute Gasteiger partial charge is 0.346 e. The summed E-state index contributed by atoms with van der Waals surface area (Å²) in [6, 6.07) is 0. The van der Waals surface area contributed by atoms with Crippen LogP contribution < -0.4 is 0 Å². The zero-order chi connectivity index (χ0) is 16.7. The van der Waals surface area contributed by atoms with Crippen LogP contribution in [0, 0.1) is 0 Å². The van der Waals surface area contributed by atoms with Gasteiger partial charge in [-0.1, -0.05) is 0 Å². The lowest BCUT2D eigenvalue weighted by Crippen LogP contribution is -2.32. The van der Waals surface area contributed by atoms with Gasteiger partial charge in [-0.15, -0.1) is 5.06 Å². The van der Waals surface area contributed by atoms with Crippen LogP contribution in [0.1, 0.15) is 39.0 Å². The maximum absolute atomic E-state index is 11.5. The summed E-state index contributed by atoms with van der Waals surface area (Å²) in [5.74, 6) is -3.27. The molecule has 9 heteroatoms. The Balaban J connectivity index is 2.25. The van der Waals surface area contributed by atoms with Crippen molar-refractivity contribution in [3.63, 3.8) is 0 Å². The molecule has 1 heterocycles. The Morgan fingerprint density at radius 1 is 1.09 bits per heavy atom. The molecule has 0 aromatic rings. The Kier molecular flexibility index (Phi) is 6.48. The summed E-state index contributed by atoms with van der Waals surface area (Å²) in [5, 5.41) is 0.444. The molecule has 2 amide bonds. The Labute approximate surface area is 126 Å². The monoisotopic (exact) mass is 315 g/mol. The molecule has 0 saturated carbocycles. The SMILES string of the molecule is COC(=O)C(C)OC(=O)CCCC(=O)ON1C(=O)CCC1=O. The molecule has 0 radical (unpaired) electrons. The average Bonchev–Trinajstić information content (AvgIpc) is 2.78. The number of nitrogens with zero attached hydrogens (tertiary/aromatic N) is 1. The van der Waals surface area contributed by atoms with Gasteiger partial charge in [-0.25, -0.2) is 9.59 Å². The van der Waals surface area contributed by atoms with Gasteiger partial charge in [0, 0.05) is 25.7 Å². The standard InChI is InChI=1S/C13H17NO8/c1-8(13(19)20-2)21-11(17)4-3-5-12(18)22-14-9(15)6-7-10(14)16/h8H,3-7H2,1-2H3. The highest BCUT2D eigenvalue weighted by Crippen LogP contribution is 2.13. The van der Waals surface area contributed by atoms with Crippen LogP contribution in [-0.2, 0) is 38.3 Å². The minimum Gasteiger partial charge on any atom is -0.466 e. The van der Waals surface area contributed by atoms with E-state index in [0.717, 1.165) is 0 Å². The van der Waals surface area contributed by atoms with E-state index < -0.39 is 35.8 Å². The number of imide groups is 1. The van der Waals surface area contributed by atoms with Crippen molar-refractivity contribution >= 4 is 29.7 Å². The van der Waals surface area contributed by atoms with Gasteiger partial charge in [0.25, 0.3) is 11.8 Å². The summed E-state index contributed by atoms with van der Waals surface area (Å²) in [7, 11) is 1.17. The van der Waals surface area contributed by atoms with Gasteiger partial charge >= 0.3 is 17.9 Å². The van der Waals surface area contributed by atoms with Crippen LogP contribution in [0.2, 0.25) is 0 Å². The summed E-state index contributed by atoms with van der Waals surface area (Å²) in [6.45, 7) is 1.36. The van der Waals surface area contributed by atoms with Gasteiger partial charge in [0.05, 0.1) is 7.11 Å². The lowest BCUT2D eigenvalue weighted by molar-refractivity contribution is -0.197. The molecule has 22 heavy (non-hydrogen) atoms. The first-order valence-electron chi connectivity index (χ1n) is 6.69. The van der Waals surface area contributed by atoms with Crippen LogP contribution in [0.25, 0.3) is 0 Å². The lowest BCUT2D eigenvalue weighted by Gasteiger charge is -2.13. The first kappa shape index (κ1) is 17.6. The van der Waals surface area contributed by atoms with E-state index in [9.17, 15) is 24.0 Å². The Hall–Kier alpha value is -2.45. The van der Waals surface area contributed by atoms with Crippen molar-refractivity contribution < 1.29 is 38.3 Å².